The second-order valence-corrected chi connectivity index (χ2v) is 9.29. The SMILES string of the molecule is O=C(NC[C@@H]1CCCS1(=O)=O)N[C@@H]1C[C@H]1C1CCCCC1. The van der Waals surface area contributed by atoms with Crippen molar-refractivity contribution in [2.24, 2.45) is 11.8 Å². The lowest BCUT2D eigenvalue weighted by molar-refractivity contribution is 0.238. The highest BCUT2D eigenvalue weighted by atomic mass is 32.2. The molecule has 0 aromatic heterocycles. The van der Waals surface area contributed by atoms with Gasteiger partial charge >= 0.3 is 6.03 Å². The van der Waals surface area contributed by atoms with Crippen molar-refractivity contribution < 1.29 is 13.2 Å². The van der Waals surface area contributed by atoms with Gasteiger partial charge in [-0.2, -0.15) is 0 Å². The molecule has 2 saturated carbocycles. The van der Waals surface area contributed by atoms with Gasteiger partial charge in [0, 0.05) is 12.6 Å². The van der Waals surface area contributed by atoms with Crippen LogP contribution >= 0.6 is 0 Å². The number of rotatable bonds is 4. The van der Waals surface area contributed by atoms with Crippen LogP contribution in [0.25, 0.3) is 0 Å². The van der Waals surface area contributed by atoms with Gasteiger partial charge < -0.3 is 10.6 Å². The minimum absolute atomic E-state index is 0.194. The van der Waals surface area contributed by atoms with Crippen LogP contribution < -0.4 is 10.6 Å². The number of amides is 2. The standard InChI is InChI=1S/C15H26N2O3S/c18-15(16-10-12-7-4-8-21(12,19)20)17-14-9-13(14)11-5-2-1-3-6-11/h11-14H,1-10H2,(H2,16,17,18)/t12-,13-,14+/m0/s1. The molecule has 0 radical (unpaired) electrons. The molecule has 0 aromatic rings. The molecule has 3 rings (SSSR count). The number of nitrogens with one attached hydrogen (secondary N) is 2. The molecule has 3 fully saturated rings. The molecular formula is C15H26N2O3S. The van der Waals surface area contributed by atoms with Crippen molar-refractivity contribution in [3.05, 3.63) is 0 Å². The fourth-order valence-electron chi connectivity index (χ4n) is 3.98. The summed E-state index contributed by atoms with van der Waals surface area (Å²) in [6.45, 7) is 0.259. The van der Waals surface area contributed by atoms with Gasteiger partial charge in [0.15, 0.2) is 9.84 Å². The second kappa shape index (κ2) is 6.15. The van der Waals surface area contributed by atoms with E-state index in [2.05, 4.69) is 10.6 Å². The van der Waals surface area contributed by atoms with E-state index in [1.807, 2.05) is 0 Å². The predicted octanol–water partition coefficient (Wildman–Crippen LogP) is 1.83. The number of carbonyl (C=O) groups is 1. The molecule has 2 N–H and O–H groups in total. The van der Waals surface area contributed by atoms with E-state index in [-0.39, 0.29) is 23.6 Å². The van der Waals surface area contributed by atoms with Crippen LogP contribution in [0.2, 0.25) is 0 Å². The molecule has 21 heavy (non-hydrogen) atoms. The highest BCUT2D eigenvalue weighted by Gasteiger charge is 2.43. The molecule has 3 aliphatic rings. The van der Waals surface area contributed by atoms with Crippen molar-refractivity contribution in [2.75, 3.05) is 12.3 Å². The Labute approximate surface area is 127 Å². The largest absolute Gasteiger partial charge is 0.337 e. The van der Waals surface area contributed by atoms with Crippen molar-refractivity contribution in [1.82, 2.24) is 10.6 Å². The van der Waals surface area contributed by atoms with Crippen LogP contribution in [0.5, 0.6) is 0 Å². The van der Waals surface area contributed by atoms with Crippen LogP contribution in [-0.4, -0.2) is 38.0 Å². The third kappa shape index (κ3) is 3.71. The van der Waals surface area contributed by atoms with E-state index in [0.717, 1.165) is 18.8 Å². The first-order chi connectivity index (χ1) is 10.1. The van der Waals surface area contributed by atoms with Gasteiger partial charge in [-0.25, -0.2) is 13.2 Å². The van der Waals surface area contributed by atoms with Gasteiger partial charge in [-0.15, -0.1) is 0 Å². The molecular weight excluding hydrogens is 288 g/mol. The molecule has 120 valence electrons. The number of carbonyl (C=O) groups excluding carboxylic acids is 1. The number of hydrogen-bond acceptors (Lipinski definition) is 3. The molecule has 1 saturated heterocycles. The monoisotopic (exact) mass is 314 g/mol. The first-order valence-corrected chi connectivity index (χ1v) is 10.0. The lowest BCUT2D eigenvalue weighted by atomic mass is 9.85. The molecule has 3 atom stereocenters. The second-order valence-electron chi connectivity index (χ2n) is 6.89. The summed E-state index contributed by atoms with van der Waals surface area (Å²) in [5.41, 5.74) is 0. The minimum atomic E-state index is -2.97. The quantitative estimate of drug-likeness (QED) is 0.831. The van der Waals surface area contributed by atoms with Gasteiger partial charge in [-0.05, 0) is 31.1 Å². The fourth-order valence-corrected chi connectivity index (χ4v) is 5.74. The van der Waals surface area contributed by atoms with E-state index in [1.165, 1.54) is 32.1 Å². The highest BCUT2D eigenvalue weighted by Crippen LogP contribution is 2.44. The van der Waals surface area contributed by atoms with Crippen molar-refractivity contribution in [1.29, 1.82) is 0 Å². The topological polar surface area (TPSA) is 75.3 Å². The average molecular weight is 314 g/mol. The third-order valence-electron chi connectivity index (χ3n) is 5.36. The van der Waals surface area contributed by atoms with Crippen molar-refractivity contribution >= 4 is 15.9 Å². The van der Waals surface area contributed by atoms with E-state index in [1.54, 1.807) is 0 Å². The molecule has 1 aliphatic heterocycles. The van der Waals surface area contributed by atoms with E-state index >= 15 is 0 Å². The Hall–Kier alpha value is -0.780. The normalized spacial score (nSPS) is 35.3. The van der Waals surface area contributed by atoms with Crippen molar-refractivity contribution in [3.8, 4) is 0 Å². The summed E-state index contributed by atoms with van der Waals surface area (Å²) in [6, 6.07) is 0.119. The lowest BCUT2D eigenvalue weighted by Gasteiger charge is -2.21. The van der Waals surface area contributed by atoms with Crippen LogP contribution in [0.3, 0.4) is 0 Å². The van der Waals surface area contributed by atoms with Crippen LogP contribution in [0.4, 0.5) is 4.79 Å². The zero-order valence-electron chi connectivity index (χ0n) is 12.5. The Morgan fingerprint density at radius 2 is 1.81 bits per heavy atom. The van der Waals surface area contributed by atoms with Crippen molar-refractivity contribution in [2.45, 2.75) is 62.7 Å². The van der Waals surface area contributed by atoms with Crippen molar-refractivity contribution in [3.63, 3.8) is 0 Å². The Morgan fingerprint density at radius 1 is 1.05 bits per heavy atom. The zero-order chi connectivity index (χ0) is 14.9. The molecule has 0 unspecified atom stereocenters. The van der Waals surface area contributed by atoms with Crippen LogP contribution in [0.1, 0.15) is 51.4 Å². The first-order valence-electron chi connectivity index (χ1n) is 8.32. The molecule has 0 aromatic carbocycles. The number of hydrogen-bond donors (Lipinski definition) is 2. The molecule has 1 heterocycles. The average Bonchev–Trinajstić information content (AvgIpc) is 3.13. The van der Waals surface area contributed by atoms with E-state index in [4.69, 9.17) is 0 Å². The molecule has 6 heteroatoms. The Kier molecular flexibility index (Phi) is 4.43. The summed E-state index contributed by atoms with van der Waals surface area (Å²) >= 11 is 0. The van der Waals surface area contributed by atoms with Gasteiger partial charge in [0.05, 0.1) is 11.0 Å². The Bertz CT molecular complexity index is 485. The molecule has 0 spiro atoms. The van der Waals surface area contributed by atoms with Gasteiger partial charge in [-0.3, -0.25) is 0 Å². The van der Waals surface area contributed by atoms with Crippen LogP contribution in [0, 0.1) is 11.8 Å². The summed E-state index contributed by atoms with van der Waals surface area (Å²) in [4.78, 5) is 11.9. The summed E-state index contributed by atoms with van der Waals surface area (Å²) in [6.07, 6.45) is 9.14. The maximum Gasteiger partial charge on any atom is 0.315 e. The van der Waals surface area contributed by atoms with Gasteiger partial charge in [0.1, 0.15) is 0 Å². The maximum atomic E-state index is 11.9. The van der Waals surface area contributed by atoms with Gasteiger partial charge in [0.2, 0.25) is 0 Å². The third-order valence-corrected chi connectivity index (χ3v) is 7.64. The molecule has 0 bridgehead atoms. The highest BCUT2D eigenvalue weighted by molar-refractivity contribution is 7.92. The molecule has 2 aliphatic carbocycles. The lowest BCUT2D eigenvalue weighted by Crippen LogP contribution is -2.42. The predicted molar refractivity (Wildman–Crippen MR) is 81.8 cm³/mol. The summed E-state index contributed by atoms with van der Waals surface area (Å²) in [7, 11) is -2.97. The summed E-state index contributed by atoms with van der Waals surface area (Å²) in [5.74, 6) is 1.72. The van der Waals surface area contributed by atoms with Crippen LogP contribution in [-0.2, 0) is 9.84 Å². The fraction of sp³-hybridized carbons (Fsp3) is 0.933. The van der Waals surface area contributed by atoms with E-state index in [0.29, 0.717) is 18.4 Å². The Morgan fingerprint density at radius 3 is 2.48 bits per heavy atom. The number of sulfone groups is 1. The number of urea groups is 1. The minimum Gasteiger partial charge on any atom is -0.337 e. The smallest absolute Gasteiger partial charge is 0.315 e. The van der Waals surface area contributed by atoms with E-state index in [9.17, 15) is 13.2 Å². The molecule has 2 amide bonds. The zero-order valence-corrected chi connectivity index (χ0v) is 13.3. The van der Waals surface area contributed by atoms with Crippen LogP contribution in [0.15, 0.2) is 0 Å². The summed E-state index contributed by atoms with van der Waals surface area (Å²) < 4.78 is 23.4. The Balaban J connectivity index is 1.37. The maximum absolute atomic E-state index is 11.9. The molecule has 5 nitrogen and oxygen atoms in total. The van der Waals surface area contributed by atoms with Gasteiger partial charge in [-0.1, -0.05) is 32.1 Å². The van der Waals surface area contributed by atoms with Gasteiger partial charge in [0.25, 0.3) is 0 Å². The first kappa shape index (κ1) is 15.1. The van der Waals surface area contributed by atoms with E-state index < -0.39 is 9.84 Å². The summed E-state index contributed by atoms with van der Waals surface area (Å²) in [5, 5.41) is 5.38.